The molecule has 26 heavy (non-hydrogen) atoms. The number of halogens is 13. The average Bonchev–Trinajstić information content (AvgIpc) is 2.96. The maximum atomic E-state index is 13.4. The number of hydrogen-bond acceptors (Lipinski definition) is 1. The number of hydrogen-bond donors (Lipinski definition) is 0. The van der Waals surface area contributed by atoms with Gasteiger partial charge in [0.2, 0.25) is 0 Å². The van der Waals surface area contributed by atoms with E-state index >= 15 is 0 Å². The van der Waals surface area contributed by atoms with Gasteiger partial charge in [0.15, 0.2) is 0 Å². The Morgan fingerprint density at radius 2 is 1.12 bits per heavy atom. The Labute approximate surface area is 135 Å². The molecule has 0 spiro atoms. The van der Waals surface area contributed by atoms with E-state index in [9.17, 15) is 57.1 Å². The Bertz CT molecular complexity index is 602. The van der Waals surface area contributed by atoms with Crippen LogP contribution < -0.4 is 0 Å². The number of aryl methyl sites for hydroxylation is 1. The molecule has 0 atom stereocenters. The van der Waals surface area contributed by atoms with Crippen molar-refractivity contribution >= 4 is 0 Å². The van der Waals surface area contributed by atoms with Crippen molar-refractivity contribution < 1.29 is 57.1 Å². The third-order valence-electron chi connectivity index (χ3n) is 3.24. The van der Waals surface area contributed by atoms with Crippen molar-refractivity contribution in [3.8, 4) is 0 Å². The molecule has 0 aromatic carbocycles. The maximum Gasteiger partial charge on any atom is 0.460 e. The Morgan fingerprint density at radius 1 is 0.654 bits per heavy atom. The summed E-state index contributed by atoms with van der Waals surface area (Å²) in [6.45, 7) is -1.19. The molecule has 0 saturated carbocycles. The van der Waals surface area contributed by atoms with Crippen LogP contribution in [0.15, 0.2) is 18.7 Å². The van der Waals surface area contributed by atoms with E-state index in [0.29, 0.717) is 4.57 Å². The summed E-state index contributed by atoms with van der Waals surface area (Å²) in [6.07, 6.45) is -7.10. The lowest BCUT2D eigenvalue weighted by molar-refractivity contribution is -0.440. The fourth-order valence-corrected chi connectivity index (χ4v) is 1.65. The number of alkyl halides is 13. The highest BCUT2D eigenvalue weighted by atomic mass is 19.4. The van der Waals surface area contributed by atoms with E-state index in [-0.39, 0.29) is 0 Å². The molecular formula is C11H7F13N2. The van der Waals surface area contributed by atoms with Gasteiger partial charge in [0.25, 0.3) is 0 Å². The average molecular weight is 414 g/mol. The molecule has 15 heteroatoms. The number of nitrogens with zero attached hydrogens (tertiary/aromatic N) is 2. The summed E-state index contributed by atoms with van der Waals surface area (Å²) in [6, 6.07) is 0. The SMILES string of the molecule is FC(F)(F)C(F)(F)C(F)(F)C(F)(F)C(F)(F)C(F)(F)CCn1ccnc1. The van der Waals surface area contributed by atoms with E-state index in [1.54, 1.807) is 0 Å². The predicted molar refractivity (Wildman–Crippen MR) is 57.6 cm³/mol. The smallest absolute Gasteiger partial charge is 0.337 e. The topological polar surface area (TPSA) is 17.8 Å². The number of rotatable bonds is 7. The molecule has 0 aliphatic rings. The summed E-state index contributed by atoms with van der Waals surface area (Å²) in [5, 5.41) is 0. The van der Waals surface area contributed by atoms with Crippen molar-refractivity contribution in [1.29, 1.82) is 0 Å². The minimum Gasteiger partial charge on any atom is -0.337 e. The first-order chi connectivity index (χ1) is 11.3. The molecule has 0 amide bonds. The van der Waals surface area contributed by atoms with Crippen LogP contribution in [0.5, 0.6) is 0 Å². The van der Waals surface area contributed by atoms with Crippen LogP contribution in [0, 0.1) is 0 Å². The van der Waals surface area contributed by atoms with Gasteiger partial charge in [-0.05, 0) is 0 Å². The normalized spacial score (nSPS) is 15.4. The van der Waals surface area contributed by atoms with Crippen molar-refractivity contribution in [2.75, 3.05) is 0 Å². The lowest BCUT2D eigenvalue weighted by Gasteiger charge is -2.39. The summed E-state index contributed by atoms with van der Waals surface area (Å²) in [4.78, 5) is 3.27. The minimum atomic E-state index is -7.86. The third-order valence-corrected chi connectivity index (χ3v) is 3.24. The van der Waals surface area contributed by atoms with Gasteiger partial charge in [-0.3, -0.25) is 0 Å². The molecule has 0 unspecified atom stereocenters. The van der Waals surface area contributed by atoms with E-state index in [1.165, 1.54) is 0 Å². The van der Waals surface area contributed by atoms with Crippen LogP contribution >= 0.6 is 0 Å². The van der Waals surface area contributed by atoms with Crippen molar-refractivity contribution in [3.63, 3.8) is 0 Å². The van der Waals surface area contributed by atoms with Crippen LogP contribution in [0.2, 0.25) is 0 Å². The maximum absolute atomic E-state index is 13.4. The second kappa shape index (κ2) is 6.18. The monoisotopic (exact) mass is 414 g/mol. The fraction of sp³-hybridized carbons (Fsp3) is 0.727. The lowest BCUT2D eigenvalue weighted by atomic mass is 9.92. The zero-order valence-corrected chi connectivity index (χ0v) is 12.0. The summed E-state index contributed by atoms with van der Waals surface area (Å²) in [5.74, 6) is -36.6. The van der Waals surface area contributed by atoms with Gasteiger partial charge in [0, 0.05) is 25.4 Å². The molecule has 0 saturated heterocycles. The van der Waals surface area contributed by atoms with Gasteiger partial charge in [-0.1, -0.05) is 0 Å². The quantitative estimate of drug-likeness (QED) is 0.574. The number of aromatic nitrogens is 2. The molecule has 0 radical (unpaired) electrons. The Morgan fingerprint density at radius 3 is 1.50 bits per heavy atom. The van der Waals surface area contributed by atoms with Gasteiger partial charge < -0.3 is 4.57 Å². The first kappa shape index (κ1) is 22.3. The van der Waals surface area contributed by atoms with Crippen LogP contribution in [0.1, 0.15) is 6.42 Å². The van der Waals surface area contributed by atoms with Crippen molar-refractivity contribution in [3.05, 3.63) is 18.7 Å². The summed E-state index contributed by atoms with van der Waals surface area (Å²) >= 11 is 0. The fourth-order valence-electron chi connectivity index (χ4n) is 1.65. The van der Waals surface area contributed by atoms with Crippen LogP contribution in [0.4, 0.5) is 57.1 Å². The van der Waals surface area contributed by atoms with Crippen LogP contribution in [-0.2, 0) is 6.54 Å². The second-order valence-electron chi connectivity index (χ2n) is 5.05. The molecule has 1 heterocycles. The Hall–Kier alpha value is -1.70. The van der Waals surface area contributed by atoms with Gasteiger partial charge in [0.1, 0.15) is 0 Å². The largest absolute Gasteiger partial charge is 0.460 e. The molecular weight excluding hydrogens is 407 g/mol. The molecule has 0 fully saturated rings. The highest BCUT2D eigenvalue weighted by Crippen LogP contribution is 2.60. The Kier molecular flexibility index (Phi) is 5.31. The van der Waals surface area contributed by atoms with E-state index in [4.69, 9.17) is 0 Å². The first-order valence-electron chi connectivity index (χ1n) is 6.24. The zero-order chi connectivity index (χ0) is 20.8. The first-order valence-corrected chi connectivity index (χ1v) is 6.24. The van der Waals surface area contributed by atoms with Gasteiger partial charge in [0.05, 0.1) is 6.33 Å². The summed E-state index contributed by atoms with van der Waals surface area (Å²) < 4.78 is 167. The van der Waals surface area contributed by atoms with Gasteiger partial charge in [-0.25, -0.2) is 4.98 Å². The molecule has 1 aromatic rings. The molecule has 2 nitrogen and oxygen atoms in total. The Balaban J connectivity index is 3.25. The molecule has 0 aliphatic carbocycles. The highest BCUT2D eigenvalue weighted by molar-refractivity contribution is 5.10. The van der Waals surface area contributed by atoms with E-state index in [1.807, 2.05) is 0 Å². The van der Waals surface area contributed by atoms with E-state index < -0.39 is 48.8 Å². The van der Waals surface area contributed by atoms with Crippen LogP contribution in [0.3, 0.4) is 0 Å². The summed E-state index contributed by atoms with van der Waals surface area (Å²) in [7, 11) is 0. The minimum absolute atomic E-state index is 0.630. The van der Waals surface area contributed by atoms with Gasteiger partial charge in [-0.15, -0.1) is 0 Å². The van der Waals surface area contributed by atoms with Crippen molar-refractivity contribution in [2.45, 2.75) is 48.8 Å². The molecule has 152 valence electrons. The molecule has 0 bridgehead atoms. The van der Waals surface area contributed by atoms with Gasteiger partial charge in [-0.2, -0.15) is 57.1 Å². The summed E-state index contributed by atoms with van der Waals surface area (Å²) in [5.41, 5.74) is 0. The molecule has 0 aliphatic heterocycles. The highest BCUT2D eigenvalue weighted by Gasteiger charge is 2.90. The van der Waals surface area contributed by atoms with E-state index in [2.05, 4.69) is 4.98 Å². The molecule has 1 rings (SSSR count). The number of imidazole rings is 1. The van der Waals surface area contributed by atoms with Crippen LogP contribution in [0.25, 0.3) is 0 Å². The predicted octanol–water partition coefficient (Wildman–Crippen LogP) is 5.01. The molecule has 1 aromatic heterocycles. The van der Waals surface area contributed by atoms with Crippen molar-refractivity contribution in [2.24, 2.45) is 0 Å². The second-order valence-corrected chi connectivity index (χ2v) is 5.05. The van der Waals surface area contributed by atoms with Crippen LogP contribution in [-0.4, -0.2) is 45.3 Å². The zero-order valence-electron chi connectivity index (χ0n) is 12.0. The standard InChI is InChI=1S/C11H7F13N2/c12-6(13,1-3-26-4-2-25-5-26)7(14,15)8(16,17)9(18,19)10(20,21)11(22,23)24/h2,4-5H,1,3H2. The lowest BCUT2D eigenvalue weighted by Crippen LogP contribution is -2.70. The van der Waals surface area contributed by atoms with Gasteiger partial charge >= 0.3 is 35.8 Å². The van der Waals surface area contributed by atoms with Crippen molar-refractivity contribution in [1.82, 2.24) is 9.55 Å². The third kappa shape index (κ3) is 3.19. The van der Waals surface area contributed by atoms with E-state index in [0.717, 1.165) is 18.7 Å². The molecule has 0 N–H and O–H groups in total.